The minimum absolute atomic E-state index is 0.160. The van der Waals surface area contributed by atoms with Crippen molar-refractivity contribution in [2.24, 2.45) is 0 Å². The van der Waals surface area contributed by atoms with Crippen molar-refractivity contribution in [3.05, 3.63) is 35.9 Å². The third-order valence-corrected chi connectivity index (χ3v) is 0.954. The smallest absolute Gasteiger partial charge is 0.335 e. The fourth-order valence-electron chi connectivity index (χ4n) is 0.526. The summed E-state index contributed by atoms with van der Waals surface area (Å²) in [5.41, 5.74) is 0.160. The van der Waals surface area contributed by atoms with Gasteiger partial charge in [0.25, 0.3) is 0 Å². The lowest BCUT2D eigenvalue weighted by atomic mass is 10.2. The Kier molecular flexibility index (Phi) is 1.17. The van der Waals surface area contributed by atoms with Crippen molar-refractivity contribution < 1.29 is 11.3 Å². The van der Waals surface area contributed by atoms with Crippen molar-refractivity contribution in [3.8, 4) is 0 Å². The first-order valence-electron chi connectivity index (χ1n) is 3.00. The molecule has 0 aromatic heterocycles. The monoisotopic (exact) mass is 123 g/mol. The molecule has 0 bridgehead atoms. The van der Waals surface area contributed by atoms with Crippen LogP contribution in [0.25, 0.3) is 0 Å². The molecular formula is C7H6O2. The van der Waals surface area contributed by atoms with Crippen LogP contribution in [0.3, 0.4) is 0 Å². The molecule has 0 aliphatic heterocycles. The standard InChI is InChI=1S/C7H6O2/c8-7(9)6-4-2-1-3-5-6/h1-5H,(H,8,9)/i2D. The molecule has 0 unspecified atom stereocenters. The Morgan fingerprint density at radius 1 is 1.56 bits per heavy atom. The maximum Gasteiger partial charge on any atom is 0.335 e. The first-order chi connectivity index (χ1) is 4.70. The van der Waals surface area contributed by atoms with Crippen molar-refractivity contribution >= 4 is 5.97 Å². The van der Waals surface area contributed by atoms with Crippen LogP contribution >= 0.6 is 0 Å². The maximum absolute atomic E-state index is 10.3. The third kappa shape index (κ3) is 1.29. The molecule has 1 rings (SSSR count). The molecule has 1 N–H and O–H groups in total. The highest BCUT2D eigenvalue weighted by atomic mass is 16.4. The Balaban J connectivity index is 3.07. The van der Waals surface area contributed by atoms with E-state index in [4.69, 9.17) is 6.48 Å². The van der Waals surface area contributed by atoms with Gasteiger partial charge in [-0.25, -0.2) is 4.79 Å². The molecule has 0 fully saturated rings. The number of carbonyl (C=O) groups is 1. The van der Waals surface area contributed by atoms with Gasteiger partial charge in [0.05, 0.1) is 6.93 Å². The molecule has 46 valence electrons. The largest absolute Gasteiger partial charge is 0.478 e. The number of rotatable bonds is 1. The second-order valence-corrected chi connectivity index (χ2v) is 1.60. The minimum Gasteiger partial charge on any atom is -0.478 e. The first-order valence-corrected chi connectivity index (χ1v) is 2.50. The van der Waals surface area contributed by atoms with Crippen LogP contribution in [-0.2, 0) is 0 Å². The molecule has 2 heteroatoms. The molecule has 0 amide bonds. The average Bonchev–Trinajstić information content (AvgIpc) is 1.88. The highest BCUT2D eigenvalue weighted by molar-refractivity contribution is 5.87. The predicted octanol–water partition coefficient (Wildman–Crippen LogP) is 1.38. The van der Waals surface area contributed by atoms with Gasteiger partial charge in [-0.2, -0.15) is 0 Å². The van der Waals surface area contributed by atoms with Crippen molar-refractivity contribution in [3.63, 3.8) is 0 Å². The van der Waals surface area contributed by atoms with E-state index in [1.54, 1.807) is 6.07 Å². The minimum atomic E-state index is -0.992. The van der Waals surface area contributed by atoms with E-state index in [1.165, 1.54) is 18.2 Å². The Hall–Kier alpha value is -1.31. The Bertz CT molecular complexity index is 258. The molecular weight excluding hydrogens is 116 g/mol. The number of aromatic carboxylic acids is 1. The quantitative estimate of drug-likeness (QED) is 0.612. The van der Waals surface area contributed by atoms with Crippen LogP contribution in [0.1, 0.15) is 11.7 Å². The SMILES string of the molecule is [2H]c1cccc(C(=O)O)c1. The highest BCUT2D eigenvalue weighted by Gasteiger charge is 1.96. The summed E-state index contributed by atoms with van der Waals surface area (Å²) in [7, 11) is 0. The molecule has 0 aliphatic rings. The zero-order valence-corrected chi connectivity index (χ0v) is 4.66. The molecule has 1 aromatic rings. The van der Waals surface area contributed by atoms with Gasteiger partial charge in [-0.3, -0.25) is 0 Å². The van der Waals surface area contributed by atoms with Crippen molar-refractivity contribution in [2.45, 2.75) is 0 Å². The van der Waals surface area contributed by atoms with E-state index in [0.29, 0.717) is 0 Å². The van der Waals surface area contributed by atoms with Gasteiger partial charge in [0, 0.05) is 0 Å². The zero-order chi connectivity index (χ0) is 7.56. The Labute approximate surface area is 54.2 Å². The summed E-state index contributed by atoms with van der Waals surface area (Å²) < 4.78 is 7.07. The van der Waals surface area contributed by atoms with E-state index in [1.807, 2.05) is 0 Å². The molecule has 0 spiro atoms. The molecule has 1 aromatic carbocycles. The van der Waals surface area contributed by atoms with Crippen LogP contribution in [0.2, 0.25) is 0 Å². The van der Waals surface area contributed by atoms with E-state index >= 15 is 0 Å². The molecule has 0 radical (unpaired) electrons. The summed E-state index contributed by atoms with van der Waals surface area (Å²) in [6, 6.07) is 6.07. The molecule has 0 heterocycles. The van der Waals surface area contributed by atoms with Crippen molar-refractivity contribution in [2.75, 3.05) is 0 Å². The van der Waals surface area contributed by atoms with Gasteiger partial charge in [-0.1, -0.05) is 18.2 Å². The normalized spacial score (nSPS) is 10.4. The zero-order valence-electron chi connectivity index (χ0n) is 5.66. The van der Waals surface area contributed by atoms with Gasteiger partial charge in [-0.05, 0) is 12.1 Å². The average molecular weight is 123 g/mol. The second kappa shape index (κ2) is 2.31. The highest BCUT2D eigenvalue weighted by Crippen LogP contribution is 1.96. The summed E-state index contributed by atoms with van der Waals surface area (Å²) in [5.74, 6) is -0.992. The van der Waals surface area contributed by atoms with Gasteiger partial charge in [0.2, 0.25) is 0 Å². The van der Waals surface area contributed by atoms with Crippen LogP contribution in [0.15, 0.2) is 30.3 Å². The maximum atomic E-state index is 10.3. The van der Waals surface area contributed by atoms with E-state index in [9.17, 15) is 4.79 Å². The van der Waals surface area contributed by atoms with Gasteiger partial charge >= 0.3 is 5.97 Å². The van der Waals surface area contributed by atoms with Crippen LogP contribution in [0, 0.1) is 0 Å². The fraction of sp³-hybridized carbons (Fsp3) is 0. The van der Waals surface area contributed by atoms with Crippen LogP contribution in [0.4, 0.5) is 0 Å². The second-order valence-electron chi connectivity index (χ2n) is 1.60. The van der Waals surface area contributed by atoms with Gasteiger partial charge in [-0.15, -0.1) is 0 Å². The van der Waals surface area contributed by atoms with E-state index in [-0.39, 0.29) is 11.6 Å². The summed E-state index contributed by atoms with van der Waals surface area (Å²) >= 11 is 0. The van der Waals surface area contributed by atoms with Crippen LogP contribution < -0.4 is 0 Å². The fourth-order valence-corrected chi connectivity index (χ4v) is 0.526. The molecule has 2 nitrogen and oxygen atoms in total. The van der Waals surface area contributed by atoms with Crippen molar-refractivity contribution in [1.82, 2.24) is 0 Å². The third-order valence-electron chi connectivity index (χ3n) is 0.954. The van der Waals surface area contributed by atoms with Crippen LogP contribution in [-0.4, -0.2) is 11.1 Å². The Morgan fingerprint density at radius 3 is 2.78 bits per heavy atom. The topological polar surface area (TPSA) is 37.3 Å². The summed E-state index contributed by atoms with van der Waals surface area (Å²) in [6.45, 7) is 0. The van der Waals surface area contributed by atoms with Gasteiger partial charge < -0.3 is 5.11 Å². The summed E-state index contributed by atoms with van der Waals surface area (Å²) in [5, 5.41) is 8.43. The number of carboxylic acids is 1. The van der Waals surface area contributed by atoms with Gasteiger partial charge in [0.15, 0.2) is 0 Å². The summed E-state index contributed by atoms with van der Waals surface area (Å²) in [6.07, 6.45) is 0. The predicted molar refractivity (Wildman–Crippen MR) is 33.4 cm³/mol. The number of benzene rings is 1. The molecule has 0 saturated carbocycles. The lowest BCUT2D eigenvalue weighted by Gasteiger charge is -1.88. The number of hydrogen-bond acceptors (Lipinski definition) is 1. The van der Waals surface area contributed by atoms with E-state index < -0.39 is 5.97 Å². The van der Waals surface area contributed by atoms with Crippen molar-refractivity contribution in [1.29, 1.82) is 0 Å². The lowest BCUT2D eigenvalue weighted by molar-refractivity contribution is 0.0697. The molecule has 0 atom stereocenters. The number of carboxylic acid groups (broad SMARTS) is 1. The van der Waals surface area contributed by atoms with E-state index in [2.05, 4.69) is 0 Å². The Morgan fingerprint density at radius 2 is 2.33 bits per heavy atom. The van der Waals surface area contributed by atoms with Crippen LogP contribution in [0.5, 0.6) is 0 Å². The number of hydrogen-bond donors (Lipinski definition) is 1. The molecule has 9 heavy (non-hydrogen) atoms. The molecule has 0 aliphatic carbocycles. The first kappa shape index (κ1) is 4.56. The summed E-state index contributed by atoms with van der Waals surface area (Å²) in [4.78, 5) is 10.3. The van der Waals surface area contributed by atoms with Gasteiger partial charge in [0.1, 0.15) is 0 Å². The lowest BCUT2D eigenvalue weighted by Crippen LogP contribution is -1.93. The van der Waals surface area contributed by atoms with E-state index in [0.717, 1.165) is 0 Å². The molecule has 0 saturated heterocycles.